The number of hydrogen-bond donors (Lipinski definition) is 1. The molecule has 0 saturated heterocycles. The highest BCUT2D eigenvalue weighted by Crippen LogP contribution is 2.17. The van der Waals surface area contributed by atoms with Crippen LogP contribution in [0.1, 0.15) is 26.3 Å². The Balaban J connectivity index is 2.68. The molecule has 22 heavy (non-hydrogen) atoms. The smallest absolute Gasteiger partial charge is 0.303 e. The van der Waals surface area contributed by atoms with Crippen molar-refractivity contribution in [3.8, 4) is 0 Å². The zero-order valence-corrected chi connectivity index (χ0v) is 12.5. The van der Waals surface area contributed by atoms with Crippen LogP contribution in [0, 0.1) is 15.9 Å². The highest BCUT2D eigenvalue weighted by Gasteiger charge is 2.22. The van der Waals surface area contributed by atoms with E-state index in [0.717, 1.165) is 18.2 Å². The average molecular weight is 312 g/mol. The number of amides is 1. The molecular weight excluding hydrogens is 295 g/mol. The second-order valence-corrected chi connectivity index (χ2v) is 5.34. The molecule has 0 unspecified atom stereocenters. The van der Waals surface area contributed by atoms with Crippen LogP contribution >= 0.6 is 0 Å². The number of nitrogens with one attached hydrogen (secondary N) is 1. The Labute approximate surface area is 126 Å². The fourth-order valence-electron chi connectivity index (χ4n) is 1.78. The van der Waals surface area contributed by atoms with E-state index in [0.29, 0.717) is 0 Å². The van der Waals surface area contributed by atoms with Crippen LogP contribution in [0.25, 0.3) is 0 Å². The molecule has 1 rings (SSSR count). The largest absolute Gasteiger partial charge is 0.458 e. The van der Waals surface area contributed by atoms with Gasteiger partial charge in [0.15, 0.2) is 0 Å². The molecule has 120 valence electrons. The third-order valence-corrected chi connectivity index (χ3v) is 2.72. The van der Waals surface area contributed by atoms with Gasteiger partial charge in [0.05, 0.1) is 17.9 Å². The fraction of sp³-hybridized carbons (Fsp3) is 0.429. The van der Waals surface area contributed by atoms with Crippen LogP contribution in [0.15, 0.2) is 18.2 Å². The van der Waals surface area contributed by atoms with Gasteiger partial charge in [-0.15, -0.1) is 0 Å². The third-order valence-electron chi connectivity index (χ3n) is 2.72. The minimum absolute atomic E-state index is 0.0436. The molecule has 1 aromatic carbocycles. The summed E-state index contributed by atoms with van der Waals surface area (Å²) in [6.07, 6.45) is -0.344. The first-order chi connectivity index (χ1) is 10.1. The van der Waals surface area contributed by atoms with E-state index < -0.39 is 28.2 Å². The third kappa shape index (κ3) is 5.47. The van der Waals surface area contributed by atoms with Gasteiger partial charge in [-0.05, 0) is 19.9 Å². The lowest BCUT2D eigenvalue weighted by atomic mass is 10.1. The Morgan fingerprint density at radius 1 is 1.41 bits per heavy atom. The first-order valence-corrected chi connectivity index (χ1v) is 6.50. The standard InChI is InChI=1S/C14H17FN2O5/c1-9(18)22-14(2,3)8-16-13(19)7-10-6-11(17(20)21)4-5-12(10)15/h4-6H,7-8H2,1-3H3,(H,16,19). The minimum Gasteiger partial charge on any atom is -0.458 e. The number of rotatable bonds is 6. The van der Waals surface area contributed by atoms with Crippen molar-refractivity contribution in [3.63, 3.8) is 0 Å². The molecule has 7 nitrogen and oxygen atoms in total. The second-order valence-electron chi connectivity index (χ2n) is 5.34. The minimum atomic E-state index is -0.900. The SMILES string of the molecule is CC(=O)OC(C)(C)CNC(=O)Cc1cc([N+](=O)[O-])ccc1F. The molecule has 0 aliphatic rings. The summed E-state index contributed by atoms with van der Waals surface area (Å²) < 4.78 is 18.6. The van der Waals surface area contributed by atoms with Crippen molar-refractivity contribution in [2.75, 3.05) is 6.54 Å². The second kappa shape index (κ2) is 6.97. The Hall–Kier alpha value is -2.51. The van der Waals surface area contributed by atoms with Crippen LogP contribution in [-0.4, -0.2) is 28.9 Å². The number of benzene rings is 1. The number of carbonyl (C=O) groups excluding carboxylic acids is 2. The number of esters is 1. The molecule has 0 aromatic heterocycles. The van der Waals surface area contributed by atoms with E-state index in [9.17, 15) is 24.1 Å². The highest BCUT2D eigenvalue weighted by atomic mass is 19.1. The van der Waals surface area contributed by atoms with Gasteiger partial charge in [-0.25, -0.2) is 4.39 Å². The molecule has 0 heterocycles. The summed E-state index contributed by atoms with van der Waals surface area (Å²) in [6, 6.07) is 3.00. The van der Waals surface area contributed by atoms with Crippen molar-refractivity contribution < 1.29 is 23.6 Å². The Bertz CT molecular complexity index is 601. The van der Waals surface area contributed by atoms with Gasteiger partial charge < -0.3 is 10.1 Å². The number of carbonyl (C=O) groups is 2. The average Bonchev–Trinajstić information content (AvgIpc) is 2.37. The maximum absolute atomic E-state index is 13.6. The van der Waals surface area contributed by atoms with Crippen LogP contribution < -0.4 is 5.32 Å². The molecule has 0 spiro atoms. The van der Waals surface area contributed by atoms with E-state index in [2.05, 4.69) is 5.32 Å². The molecule has 0 aliphatic heterocycles. The molecule has 1 amide bonds. The number of nitro benzene ring substituents is 1. The fourth-order valence-corrected chi connectivity index (χ4v) is 1.78. The van der Waals surface area contributed by atoms with Gasteiger partial charge >= 0.3 is 5.97 Å². The van der Waals surface area contributed by atoms with Gasteiger partial charge in [0.1, 0.15) is 11.4 Å². The summed E-state index contributed by atoms with van der Waals surface area (Å²) in [7, 11) is 0. The maximum atomic E-state index is 13.6. The normalized spacial score (nSPS) is 10.9. The van der Waals surface area contributed by atoms with E-state index in [1.165, 1.54) is 6.92 Å². The molecule has 0 radical (unpaired) electrons. The Kier molecular flexibility index (Phi) is 5.56. The number of nitrogens with zero attached hydrogens (tertiary/aromatic N) is 1. The molecule has 1 N–H and O–H groups in total. The molecule has 0 fully saturated rings. The first kappa shape index (κ1) is 17.5. The van der Waals surface area contributed by atoms with E-state index >= 15 is 0 Å². The summed E-state index contributed by atoms with van der Waals surface area (Å²) in [6.45, 7) is 4.52. The van der Waals surface area contributed by atoms with Gasteiger partial charge in [0.2, 0.25) is 5.91 Å². The van der Waals surface area contributed by atoms with Crippen LogP contribution in [0.5, 0.6) is 0 Å². The molecule has 0 saturated carbocycles. The monoisotopic (exact) mass is 312 g/mol. The number of non-ortho nitro benzene ring substituents is 1. The summed E-state index contributed by atoms with van der Waals surface area (Å²) in [5, 5.41) is 13.1. The van der Waals surface area contributed by atoms with Crippen molar-refractivity contribution in [1.82, 2.24) is 5.32 Å². The van der Waals surface area contributed by atoms with Gasteiger partial charge in [-0.1, -0.05) is 0 Å². The molecule has 8 heteroatoms. The number of nitro groups is 1. The van der Waals surface area contributed by atoms with E-state index in [4.69, 9.17) is 4.74 Å². The summed E-state index contributed by atoms with van der Waals surface area (Å²) in [5.41, 5.74) is -1.26. The van der Waals surface area contributed by atoms with Crippen LogP contribution in [0.4, 0.5) is 10.1 Å². The summed E-state index contributed by atoms with van der Waals surface area (Å²) in [4.78, 5) is 32.7. The zero-order chi connectivity index (χ0) is 16.9. The Morgan fingerprint density at radius 2 is 2.05 bits per heavy atom. The summed E-state index contributed by atoms with van der Waals surface area (Å²) in [5.74, 6) is -1.71. The van der Waals surface area contributed by atoms with Gasteiger partial charge in [0, 0.05) is 24.6 Å². The van der Waals surface area contributed by atoms with Crippen LogP contribution in [-0.2, 0) is 20.7 Å². The summed E-state index contributed by atoms with van der Waals surface area (Å²) >= 11 is 0. The van der Waals surface area contributed by atoms with E-state index in [-0.39, 0.29) is 24.2 Å². The lowest BCUT2D eigenvalue weighted by Gasteiger charge is -2.24. The van der Waals surface area contributed by atoms with E-state index in [1.54, 1.807) is 13.8 Å². The molecule has 0 atom stereocenters. The number of halogens is 1. The number of ether oxygens (including phenoxy) is 1. The lowest BCUT2D eigenvalue weighted by Crippen LogP contribution is -2.42. The molecule has 1 aromatic rings. The van der Waals surface area contributed by atoms with E-state index in [1.807, 2.05) is 0 Å². The molecule has 0 aliphatic carbocycles. The van der Waals surface area contributed by atoms with Gasteiger partial charge in [-0.3, -0.25) is 19.7 Å². The predicted octanol–water partition coefficient (Wildman–Crippen LogP) is 1.73. The lowest BCUT2D eigenvalue weighted by molar-refractivity contribution is -0.385. The zero-order valence-electron chi connectivity index (χ0n) is 12.5. The molecular formula is C14H17FN2O5. The Morgan fingerprint density at radius 3 is 2.59 bits per heavy atom. The van der Waals surface area contributed by atoms with Crippen molar-refractivity contribution in [2.45, 2.75) is 32.8 Å². The maximum Gasteiger partial charge on any atom is 0.303 e. The van der Waals surface area contributed by atoms with Crippen molar-refractivity contribution in [3.05, 3.63) is 39.7 Å². The highest BCUT2D eigenvalue weighted by molar-refractivity contribution is 5.79. The quantitative estimate of drug-likeness (QED) is 0.490. The van der Waals surface area contributed by atoms with Gasteiger partial charge in [0.25, 0.3) is 5.69 Å². The topological polar surface area (TPSA) is 98.5 Å². The van der Waals surface area contributed by atoms with Crippen LogP contribution in [0.3, 0.4) is 0 Å². The molecule has 0 bridgehead atoms. The van der Waals surface area contributed by atoms with Crippen LogP contribution in [0.2, 0.25) is 0 Å². The van der Waals surface area contributed by atoms with Gasteiger partial charge in [-0.2, -0.15) is 0 Å². The van der Waals surface area contributed by atoms with Crippen molar-refractivity contribution in [2.24, 2.45) is 0 Å². The predicted molar refractivity (Wildman–Crippen MR) is 75.6 cm³/mol. The number of hydrogen-bond acceptors (Lipinski definition) is 5. The van der Waals surface area contributed by atoms with Crippen molar-refractivity contribution >= 4 is 17.6 Å². The van der Waals surface area contributed by atoms with Crippen molar-refractivity contribution in [1.29, 1.82) is 0 Å². The first-order valence-electron chi connectivity index (χ1n) is 6.50.